The number of hydrogen-bond acceptors (Lipinski definition) is 5. The number of aromatic nitrogens is 5. The molecular formula is C16H26N6O. The van der Waals surface area contributed by atoms with Crippen LogP contribution in [0.3, 0.4) is 0 Å². The van der Waals surface area contributed by atoms with Gasteiger partial charge in [0.25, 0.3) is 0 Å². The lowest BCUT2D eigenvalue weighted by Crippen LogP contribution is -2.32. The highest BCUT2D eigenvalue weighted by Crippen LogP contribution is 2.33. The fourth-order valence-corrected chi connectivity index (χ4v) is 3.19. The van der Waals surface area contributed by atoms with Gasteiger partial charge in [0.15, 0.2) is 0 Å². The molecule has 0 radical (unpaired) electrons. The van der Waals surface area contributed by atoms with E-state index in [2.05, 4.69) is 40.8 Å². The Bertz CT molecular complexity index is 607. The van der Waals surface area contributed by atoms with Crippen molar-refractivity contribution in [3.63, 3.8) is 0 Å². The quantitative estimate of drug-likeness (QED) is 0.842. The molecule has 3 rings (SSSR count). The Labute approximate surface area is 137 Å². The van der Waals surface area contributed by atoms with Crippen molar-refractivity contribution in [2.45, 2.75) is 52.4 Å². The molecule has 1 N–H and O–H groups in total. The number of rotatable bonds is 7. The first kappa shape index (κ1) is 16.1. The molecule has 23 heavy (non-hydrogen) atoms. The van der Waals surface area contributed by atoms with Crippen molar-refractivity contribution in [2.24, 2.45) is 5.92 Å². The van der Waals surface area contributed by atoms with E-state index in [1.54, 1.807) is 0 Å². The molecular weight excluding hydrogens is 292 g/mol. The maximum absolute atomic E-state index is 6.04. The first-order chi connectivity index (χ1) is 11.3. The SMILES string of the molecule is CCn1cc([C@@H]2OCCC[C@H]2CNCc2cnnn2CC)cn1. The molecule has 0 bridgehead atoms. The molecule has 2 atom stereocenters. The summed E-state index contributed by atoms with van der Waals surface area (Å²) in [4.78, 5) is 0. The van der Waals surface area contributed by atoms with Crippen LogP contribution in [0.25, 0.3) is 0 Å². The number of ether oxygens (including phenoxy) is 1. The normalized spacial score (nSPS) is 21.7. The van der Waals surface area contributed by atoms with Crippen molar-refractivity contribution in [3.05, 3.63) is 29.8 Å². The molecule has 7 heteroatoms. The Morgan fingerprint density at radius 3 is 3.00 bits per heavy atom. The van der Waals surface area contributed by atoms with Crippen molar-refractivity contribution < 1.29 is 4.74 Å². The van der Waals surface area contributed by atoms with E-state index in [1.165, 1.54) is 12.0 Å². The maximum atomic E-state index is 6.04. The van der Waals surface area contributed by atoms with Crippen LogP contribution in [-0.4, -0.2) is 37.9 Å². The van der Waals surface area contributed by atoms with Gasteiger partial charge in [-0.25, -0.2) is 4.68 Å². The van der Waals surface area contributed by atoms with Gasteiger partial charge in [0.05, 0.1) is 24.2 Å². The summed E-state index contributed by atoms with van der Waals surface area (Å²) < 4.78 is 9.93. The van der Waals surface area contributed by atoms with Crippen LogP contribution >= 0.6 is 0 Å². The van der Waals surface area contributed by atoms with Crippen LogP contribution in [-0.2, 0) is 24.4 Å². The zero-order valence-corrected chi connectivity index (χ0v) is 14.0. The second kappa shape index (κ2) is 7.70. The van der Waals surface area contributed by atoms with Gasteiger partial charge in [0.2, 0.25) is 0 Å². The van der Waals surface area contributed by atoms with Gasteiger partial charge in [0, 0.05) is 50.5 Å². The molecule has 0 unspecified atom stereocenters. The van der Waals surface area contributed by atoms with Crippen molar-refractivity contribution in [2.75, 3.05) is 13.2 Å². The van der Waals surface area contributed by atoms with E-state index in [4.69, 9.17) is 4.74 Å². The standard InChI is InChI=1S/C16H26N6O/c1-3-21-12-14(9-19-21)16-13(6-5-7-23-16)8-17-10-15-11-18-20-22(15)4-2/h9,11-13,16-17H,3-8,10H2,1-2H3/t13-,16+/m0/s1. The molecule has 1 fully saturated rings. The minimum absolute atomic E-state index is 0.144. The Hall–Kier alpha value is -1.73. The van der Waals surface area contributed by atoms with Crippen LogP contribution in [0.5, 0.6) is 0 Å². The molecule has 3 heterocycles. The molecule has 2 aromatic rings. The second-order valence-corrected chi connectivity index (χ2v) is 6.00. The van der Waals surface area contributed by atoms with Gasteiger partial charge < -0.3 is 10.1 Å². The summed E-state index contributed by atoms with van der Waals surface area (Å²) in [5.41, 5.74) is 2.32. The van der Waals surface area contributed by atoms with Crippen LogP contribution in [0.15, 0.2) is 18.6 Å². The van der Waals surface area contributed by atoms with E-state index in [1.807, 2.05) is 21.8 Å². The maximum Gasteiger partial charge on any atom is 0.0895 e. The molecule has 0 saturated carbocycles. The zero-order chi connectivity index (χ0) is 16.1. The highest BCUT2D eigenvalue weighted by molar-refractivity contribution is 5.11. The third-order valence-electron chi connectivity index (χ3n) is 4.46. The summed E-state index contributed by atoms with van der Waals surface area (Å²) in [6.07, 6.45) is 8.34. The van der Waals surface area contributed by atoms with Crippen molar-refractivity contribution >= 4 is 0 Å². The highest BCUT2D eigenvalue weighted by Gasteiger charge is 2.28. The zero-order valence-electron chi connectivity index (χ0n) is 14.0. The van der Waals surface area contributed by atoms with Crippen molar-refractivity contribution in [1.82, 2.24) is 30.1 Å². The first-order valence-electron chi connectivity index (χ1n) is 8.53. The first-order valence-corrected chi connectivity index (χ1v) is 8.53. The van der Waals surface area contributed by atoms with Crippen LogP contribution in [0, 0.1) is 5.92 Å². The Morgan fingerprint density at radius 1 is 1.30 bits per heavy atom. The number of aryl methyl sites for hydroxylation is 2. The van der Waals surface area contributed by atoms with Gasteiger partial charge in [-0.3, -0.25) is 4.68 Å². The monoisotopic (exact) mass is 318 g/mol. The fraction of sp³-hybridized carbons (Fsp3) is 0.688. The summed E-state index contributed by atoms with van der Waals surface area (Å²) in [5, 5.41) is 16.0. The molecule has 0 aromatic carbocycles. The van der Waals surface area contributed by atoms with E-state index in [-0.39, 0.29) is 6.10 Å². The Morgan fingerprint density at radius 2 is 2.22 bits per heavy atom. The lowest BCUT2D eigenvalue weighted by molar-refractivity contribution is -0.0279. The molecule has 7 nitrogen and oxygen atoms in total. The van der Waals surface area contributed by atoms with Crippen molar-refractivity contribution in [3.8, 4) is 0 Å². The van der Waals surface area contributed by atoms with Gasteiger partial charge in [0.1, 0.15) is 0 Å². The van der Waals surface area contributed by atoms with E-state index in [0.717, 1.165) is 44.9 Å². The predicted octanol–water partition coefficient (Wildman–Crippen LogP) is 1.77. The second-order valence-electron chi connectivity index (χ2n) is 6.00. The van der Waals surface area contributed by atoms with E-state index in [0.29, 0.717) is 5.92 Å². The smallest absolute Gasteiger partial charge is 0.0895 e. The molecule has 0 amide bonds. The average molecular weight is 318 g/mol. The minimum atomic E-state index is 0.144. The van der Waals surface area contributed by atoms with Crippen LogP contribution in [0.1, 0.15) is 44.1 Å². The molecule has 126 valence electrons. The summed E-state index contributed by atoms with van der Waals surface area (Å²) in [6, 6.07) is 0. The van der Waals surface area contributed by atoms with Gasteiger partial charge in [-0.05, 0) is 26.7 Å². The van der Waals surface area contributed by atoms with Gasteiger partial charge in [-0.2, -0.15) is 5.10 Å². The van der Waals surface area contributed by atoms with Crippen molar-refractivity contribution in [1.29, 1.82) is 0 Å². The van der Waals surface area contributed by atoms with Crippen LogP contribution in [0.4, 0.5) is 0 Å². The summed E-state index contributed by atoms with van der Waals surface area (Å²) >= 11 is 0. The van der Waals surface area contributed by atoms with Crippen LogP contribution in [0.2, 0.25) is 0 Å². The van der Waals surface area contributed by atoms with E-state index >= 15 is 0 Å². The lowest BCUT2D eigenvalue weighted by Gasteiger charge is -2.31. The number of nitrogens with zero attached hydrogens (tertiary/aromatic N) is 5. The molecule has 1 saturated heterocycles. The largest absolute Gasteiger partial charge is 0.373 e. The lowest BCUT2D eigenvalue weighted by atomic mass is 9.91. The minimum Gasteiger partial charge on any atom is -0.373 e. The fourth-order valence-electron chi connectivity index (χ4n) is 3.19. The average Bonchev–Trinajstić information content (AvgIpc) is 3.24. The third kappa shape index (κ3) is 3.79. The van der Waals surface area contributed by atoms with E-state index in [9.17, 15) is 0 Å². The molecule has 0 spiro atoms. The highest BCUT2D eigenvalue weighted by atomic mass is 16.5. The summed E-state index contributed by atoms with van der Waals surface area (Å²) in [6.45, 7) is 8.48. The van der Waals surface area contributed by atoms with Gasteiger partial charge in [-0.1, -0.05) is 5.21 Å². The Kier molecular flexibility index (Phi) is 5.40. The molecule has 1 aliphatic heterocycles. The molecule has 0 aliphatic carbocycles. The van der Waals surface area contributed by atoms with E-state index < -0.39 is 0 Å². The number of nitrogens with one attached hydrogen (secondary N) is 1. The molecule has 2 aromatic heterocycles. The van der Waals surface area contributed by atoms with Gasteiger partial charge >= 0.3 is 0 Å². The summed E-state index contributed by atoms with van der Waals surface area (Å²) in [5.74, 6) is 0.476. The predicted molar refractivity (Wildman–Crippen MR) is 86.7 cm³/mol. The third-order valence-corrected chi connectivity index (χ3v) is 4.46. The Balaban J connectivity index is 1.58. The van der Waals surface area contributed by atoms with Gasteiger partial charge in [-0.15, -0.1) is 5.10 Å². The van der Waals surface area contributed by atoms with Crippen LogP contribution < -0.4 is 5.32 Å². The number of hydrogen-bond donors (Lipinski definition) is 1. The molecule has 1 aliphatic rings. The topological polar surface area (TPSA) is 69.8 Å². The summed E-state index contributed by atoms with van der Waals surface area (Å²) in [7, 11) is 0.